The Bertz CT molecular complexity index is 186. The largest absolute Gasteiger partial charge is 0.351 e. The Hall–Kier alpha value is -0.160. The van der Waals surface area contributed by atoms with Crippen LogP contribution in [0.15, 0.2) is 0 Å². The predicted octanol–water partition coefficient (Wildman–Crippen LogP) is 1.07. The van der Waals surface area contributed by atoms with Gasteiger partial charge in [-0.2, -0.15) is 0 Å². The van der Waals surface area contributed by atoms with Crippen molar-refractivity contribution < 1.29 is 9.47 Å². The van der Waals surface area contributed by atoms with Crippen LogP contribution in [0.1, 0.15) is 27.2 Å². The number of hydrogen-bond donors (Lipinski definition) is 1. The van der Waals surface area contributed by atoms with Crippen LogP contribution < -0.4 is 5.32 Å². The molecule has 0 aromatic heterocycles. The Morgan fingerprint density at radius 2 is 1.88 bits per heavy atom. The van der Waals surface area contributed by atoms with Crippen molar-refractivity contribution >= 4 is 0 Å². The number of likely N-dealkylation sites (N-methyl/N-ethyl adjacent to an activating group) is 1. The minimum atomic E-state index is -0.0339. The van der Waals surface area contributed by atoms with Crippen LogP contribution in [0.25, 0.3) is 0 Å². The third-order valence-electron chi connectivity index (χ3n) is 2.51. The molecule has 0 bridgehead atoms. The van der Waals surface area contributed by atoms with Gasteiger partial charge in [0.05, 0.1) is 13.2 Å². The molecule has 0 unspecified atom stereocenters. The minimum Gasteiger partial charge on any atom is -0.351 e. The summed E-state index contributed by atoms with van der Waals surface area (Å²) < 4.78 is 11.0. The highest BCUT2D eigenvalue weighted by atomic mass is 16.7. The van der Waals surface area contributed by atoms with E-state index in [4.69, 9.17) is 9.47 Å². The number of ether oxygens (including phenoxy) is 2. The maximum absolute atomic E-state index is 5.51. The first-order valence-electron chi connectivity index (χ1n) is 6.14. The molecule has 4 nitrogen and oxygen atoms in total. The summed E-state index contributed by atoms with van der Waals surface area (Å²) in [5.41, 5.74) is 0.193. The molecule has 1 heterocycles. The number of hydrogen-bond acceptors (Lipinski definition) is 4. The molecule has 0 radical (unpaired) electrons. The monoisotopic (exact) mass is 230 g/mol. The lowest BCUT2D eigenvalue weighted by atomic mass is 10.1. The van der Waals surface area contributed by atoms with Crippen LogP contribution in [0.3, 0.4) is 0 Å². The Morgan fingerprint density at radius 3 is 2.44 bits per heavy atom. The summed E-state index contributed by atoms with van der Waals surface area (Å²) in [7, 11) is 2.10. The first-order valence-corrected chi connectivity index (χ1v) is 6.14. The highest BCUT2D eigenvalue weighted by Crippen LogP contribution is 2.05. The molecule has 0 saturated carbocycles. The fourth-order valence-electron chi connectivity index (χ4n) is 1.61. The molecule has 16 heavy (non-hydrogen) atoms. The standard InChI is InChI=1S/C12H26N2O2/c1-12(2,3)13-6-7-14(4)10-11-15-8-5-9-16-11/h11,13H,5-10H2,1-4H3. The molecule has 0 aromatic rings. The van der Waals surface area contributed by atoms with Crippen LogP contribution in [-0.4, -0.2) is 56.6 Å². The molecular weight excluding hydrogens is 204 g/mol. The van der Waals surface area contributed by atoms with Crippen LogP contribution >= 0.6 is 0 Å². The second kappa shape index (κ2) is 6.55. The lowest BCUT2D eigenvalue weighted by Crippen LogP contribution is -2.43. The normalized spacial score (nSPS) is 19.3. The van der Waals surface area contributed by atoms with Crippen molar-refractivity contribution in [2.24, 2.45) is 0 Å². The molecule has 0 aromatic carbocycles. The van der Waals surface area contributed by atoms with Crippen molar-refractivity contribution in [2.75, 3.05) is 39.9 Å². The van der Waals surface area contributed by atoms with E-state index < -0.39 is 0 Å². The molecule has 1 saturated heterocycles. The average Bonchev–Trinajstić information content (AvgIpc) is 2.17. The van der Waals surface area contributed by atoms with Crippen molar-refractivity contribution in [2.45, 2.75) is 39.0 Å². The van der Waals surface area contributed by atoms with Gasteiger partial charge in [0, 0.05) is 25.2 Å². The third-order valence-corrected chi connectivity index (χ3v) is 2.51. The second-order valence-corrected chi connectivity index (χ2v) is 5.46. The number of nitrogens with one attached hydrogen (secondary N) is 1. The highest BCUT2D eigenvalue weighted by Gasteiger charge is 2.16. The highest BCUT2D eigenvalue weighted by molar-refractivity contribution is 4.71. The minimum absolute atomic E-state index is 0.0339. The van der Waals surface area contributed by atoms with Gasteiger partial charge >= 0.3 is 0 Å². The predicted molar refractivity (Wildman–Crippen MR) is 65.6 cm³/mol. The van der Waals surface area contributed by atoms with Gasteiger partial charge in [0.25, 0.3) is 0 Å². The summed E-state index contributed by atoms with van der Waals surface area (Å²) in [5.74, 6) is 0. The fourth-order valence-corrected chi connectivity index (χ4v) is 1.61. The molecule has 0 atom stereocenters. The third kappa shape index (κ3) is 6.43. The summed E-state index contributed by atoms with van der Waals surface area (Å²) in [4.78, 5) is 2.24. The molecule has 96 valence electrons. The molecule has 1 rings (SSSR count). The molecule has 1 N–H and O–H groups in total. The summed E-state index contributed by atoms with van der Waals surface area (Å²) in [5, 5.41) is 3.47. The van der Waals surface area contributed by atoms with Gasteiger partial charge in [-0.05, 0) is 34.2 Å². The van der Waals surface area contributed by atoms with Gasteiger partial charge in [0.2, 0.25) is 0 Å². The molecule has 1 fully saturated rings. The van der Waals surface area contributed by atoms with E-state index in [9.17, 15) is 0 Å². The lowest BCUT2D eigenvalue weighted by Gasteiger charge is -2.28. The van der Waals surface area contributed by atoms with Crippen molar-refractivity contribution in [1.82, 2.24) is 10.2 Å². The average molecular weight is 230 g/mol. The lowest BCUT2D eigenvalue weighted by molar-refractivity contribution is -0.184. The first kappa shape index (κ1) is 13.9. The maximum atomic E-state index is 5.51. The van der Waals surface area contributed by atoms with Crippen LogP contribution in [-0.2, 0) is 9.47 Å². The fraction of sp³-hybridized carbons (Fsp3) is 1.00. The zero-order valence-corrected chi connectivity index (χ0v) is 11.1. The number of nitrogens with zero attached hydrogens (tertiary/aromatic N) is 1. The van der Waals surface area contributed by atoms with Crippen LogP contribution in [0.4, 0.5) is 0 Å². The van der Waals surface area contributed by atoms with Crippen molar-refractivity contribution in [3.63, 3.8) is 0 Å². The topological polar surface area (TPSA) is 33.7 Å². The van der Waals surface area contributed by atoms with Gasteiger partial charge in [-0.15, -0.1) is 0 Å². The number of rotatable bonds is 5. The molecule has 1 aliphatic heterocycles. The van der Waals surface area contributed by atoms with Crippen LogP contribution in [0, 0.1) is 0 Å². The van der Waals surface area contributed by atoms with E-state index in [1.54, 1.807) is 0 Å². The molecule has 4 heteroatoms. The molecule has 1 aliphatic rings. The Labute approximate surface area is 99.3 Å². The molecule has 0 amide bonds. The van der Waals surface area contributed by atoms with E-state index in [1.807, 2.05) is 0 Å². The van der Waals surface area contributed by atoms with E-state index in [0.29, 0.717) is 0 Å². The first-order chi connectivity index (χ1) is 7.47. The maximum Gasteiger partial charge on any atom is 0.170 e. The van der Waals surface area contributed by atoms with Gasteiger partial charge in [-0.3, -0.25) is 0 Å². The summed E-state index contributed by atoms with van der Waals surface area (Å²) in [6.07, 6.45) is 0.986. The van der Waals surface area contributed by atoms with E-state index >= 15 is 0 Å². The Kier molecular flexibility index (Phi) is 5.69. The molecule has 0 aliphatic carbocycles. The smallest absolute Gasteiger partial charge is 0.170 e. The van der Waals surface area contributed by atoms with Crippen molar-refractivity contribution in [3.05, 3.63) is 0 Å². The van der Waals surface area contributed by atoms with E-state index in [2.05, 4.69) is 38.0 Å². The zero-order valence-electron chi connectivity index (χ0n) is 11.1. The Balaban J connectivity index is 2.08. The van der Waals surface area contributed by atoms with Crippen molar-refractivity contribution in [1.29, 1.82) is 0 Å². The second-order valence-electron chi connectivity index (χ2n) is 5.46. The van der Waals surface area contributed by atoms with E-state index in [-0.39, 0.29) is 11.8 Å². The summed E-state index contributed by atoms with van der Waals surface area (Å²) in [6, 6.07) is 0. The van der Waals surface area contributed by atoms with Crippen molar-refractivity contribution in [3.8, 4) is 0 Å². The quantitative estimate of drug-likeness (QED) is 0.766. The molecule has 0 spiro atoms. The van der Waals surface area contributed by atoms with Gasteiger partial charge < -0.3 is 19.7 Å². The SMILES string of the molecule is CN(CCNC(C)(C)C)CC1OCCCO1. The van der Waals surface area contributed by atoms with Gasteiger partial charge in [-0.25, -0.2) is 0 Å². The van der Waals surface area contributed by atoms with E-state index in [1.165, 1.54) is 0 Å². The summed E-state index contributed by atoms with van der Waals surface area (Å²) in [6.45, 7) is 11.1. The molecular formula is C12H26N2O2. The Morgan fingerprint density at radius 1 is 1.25 bits per heavy atom. The van der Waals surface area contributed by atoms with Gasteiger partial charge in [0.1, 0.15) is 0 Å². The van der Waals surface area contributed by atoms with E-state index in [0.717, 1.165) is 39.3 Å². The zero-order chi connectivity index (χ0) is 12.0. The van der Waals surface area contributed by atoms with Crippen LogP contribution in [0.2, 0.25) is 0 Å². The van der Waals surface area contributed by atoms with Gasteiger partial charge in [-0.1, -0.05) is 0 Å². The van der Waals surface area contributed by atoms with Gasteiger partial charge in [0.15, 0.2) is 6.29 Å². The van der Waals surface area contributed by atoms with Crippen LogP contribution in [0.5, 0.6) is 0 Å². The summed E-state index contributed by atoms with van der Waals surface area (Å²) >= 11 is 0.